The van der Waals surface area contributed by atoms with Crippen LogP contribution in [-0.2, 0) is 4.79 Å². The van der Waals surface area contributed by atoms with Crippen molar-refractivity contribution in [2.75, 3.05) is 13.2 Å². The summed E-state index contributed by atoms with van der Waals surface area (Å²) in [7, 11) is 0. The minimum absolute atomic E-state index is 0.0940. The van der Waals surface area contributed by atoms with Crippen molar-refractivity contribution in [1.29, 1.82) is 0 Å². The zero-order valence-electron chi connectivity index (χ0n) is 11.3. The fourth-order valence-electron chi connectivity index (χ4n) is 1.52. The van der Waals surface area contributed by atoms with Gasteiger partial charge in [0.25, 0.3) is 5.91 Å². The first-order chi connectivity index (χ1) is 9.06. The molecule has 0 aliphatic carbocycles. The molecule has 1 unspecified atom stereocenters. The second-order valence-electron chi connectivity index (χ2n) is 4.40. The van der Waals surface area contributed by atoms with Crippen LogP contribution in [0.25, 0.3) is 0 Å². The van der Waals surface area contributed by atoms with E-state index in [0.717, 1.165) is 5.56 Å². The summed E-state index contributed by atoms with van der Waals surface area (Å²) in [5.74, 6) is -0.589. The van der Waals surface area contributed by atoms with E-state index in [2.05, 4.69) is 10.6 Å². The number of carbonyl (C=O) groups is 2. The van der Waals surface area contributed by atoms with Gasteiger partial charge in [0.1, 0.15) is 0 Å². The van der Waals surface area contributed by atoms with E-state index in [-0.39, 0.29) is 31.0 Å². The molecular formula is C14H20N2O3. The van der Waals surface area contributed by atoms with Gasteiger partial charge in [0.05, 0.1) is 19.2 Å². The first kappa shape index (κ1) is 15.2. The maximum atomic E-state index is 11.7. The normalized spacial score (nSPS) is 11.7. The average molecular weight is 264 g/mol. The Morgan fingerprint density at radius 1 is 1.26 bits per heavy atom. The van der Waals surface area contributed by atoms with E-state index < -0.39 is 0 Å². The minimum atomic E-state index is -0.304. The lowest BCUT2D eigenvalue weighted by Crippen LogP contribution is -2.43. The van der Waals surface area contributed by atoms with E-state index in [1.54, 1.807) is 12.1 Å². The third-order valence-electron chi connectivity index (χ3n) is 2.80. The molecule has 0 saturated heterocycles. The van der Waals surface area contributed by atoms with Gasteiger partial charge in [-0.15, -0.1) is 0 Å². The highest BCUT2D eigenvalue weighted by Crippen LogP contribution is 2.02. The van der Waals surface area contributed by atoms with Gasteiger partial charge in [-0.1, -0.05) is 24.6 Å². The van der Waals surface area contributed by atoms with Gasteiger partial charge in [-0.3, -0.25) is 9.59 Å². The van der Waals surface area contributed by atoms with Crippen LogP contribution in [0.3, 0.4) is 0 Å². The Labute approximate surface area is 113 Å². The van der Waals surface area contributed by atoms with Crippen molar-refractivity contribution < 1.29 is 14.7 Å². The molecular weight excluding hydrogens is 244 g/mol. The van der Waals surface area contributed by atoms with Gasteiger partial charge in [-0.25, -0.2) is 0 Å². The number of benzene rings is 1. The van der Waals surface area contributed by atoms with E-state index in [1.807, 2.05) is 26.0 Å². The predicted molar refractivity (Wildman–Crippen MR) is 72.8 cm³/mol. The third kappa shape index (κ3) is 5.09. The number of rotatable bonds is 6. The molecule has 5 heteroatoms. The summed E-state index contributed by atoms with van der Waals surface area (Å²) in [6.45, 7) is 3.61. The van der Waals surface area contributed by atoms with E-state index >= 15 is 0 Å². The molecule has 0 heterocycles. The second kappa shape index (κ2) is 7.53. The summed E-state index contributed by atoms with van der Waals surface area (Å²) >= 11 is 0. The lowest BCUT2D eigenvalue weighted by Gasteiger charge is -2.14. The van der Waals surface area contributed by atoms with Crippen LogP contribution in [0.15, 0.2) is 24.3 Å². The quantitative estimate of drug-likeness (QED) is 0.704. The Morgan fingerprint density at radius 3 is 2.42 bits per heavy atom. The highest BCUT2D eigenvalue weighted by Gasteiger charge is 2.11. The monoisotopic (exact) mass is 264 g/mol. The van der Waals surface area contributed by atoms with Crippen LogP contribution in [0.1, 0.15) is 29.3 Å². The van der Waals surface area contributed by atoms with Crippen molar-refractivity contribution in [2.24, 2.45) is 0 Å². The SMILES string of the molecule is CCC(CO)NC(=O)CNC(=O)c1ccc(C)cc1. The molecule has 0 aliphatic heterocycles. The van der Waals surface area contributed by atoms with E-state index in [4.69, 9.17) is 5.11 Å². The molecule has 0 saturated carbocycles. The Bertz CT molecular complexity index is 425. The van der Waals surface area contributed by atoms with Gasteiger partial charge >= 0.3 is 0 Å². The summed E-state index contributed by atoms with van der Waals surface area (Å²) in [5, 5.41) is 14.1. The molecule has 1 rings (SSSR count). The standard InChI is InChI=1S/C14H20N2O3/c1-3-12(9-17)16-13(18)8-15-14(19)11-6-4-10(2)5-7-11/h4-7,12,17H,3,8-9H2,1-2H3,(H,15,19)(H,16,18). The maximum absolute atomic E-state index is 11.7. The molecule has 0 spiro atoms. The van der Waals surface area contributed by atoms with Gasteiger partial charge in [0.15, 0.2) is 0 Å². The molecule has 0 aliphatic rings. The number of carbonyl (C=O) groups excluding carboxylic acids is 2. The molecule has 0 bridgehead atoms. The number of nitrogens with one attached hydrogen (secondary N) is 2. The summed E-state index contributed by atoms with van der Waals surface area (Å²) in [5.41, 5.74) is 1.59. The smallest absolute Gasteiger partial charge is 0.251 e. The average Bonchev–Trinajstić information content (AvgIpc) is 2.43. The molecule has 0 aromatic heterocycles. The summed E-state index contributed by atoms with van der Waals surface area (Å²) in [6.07, 6.45) is 0.647. The molecule has 1 aromatic rings. The highest BCUT2D eigenvalue weighted by atomic mass is 16.3. The Balaban J connectivity index is 2.41. The van der Waals surface area contributed by atoms with Crippen LogP contribution in [0.5, 0.6) is 0 Å². The van der Waals surface area contributed by atoms with Crippen molar-refractivity contribution >= 4 is 11.8 Å². The molecule has 2 amide bonds. The van der Waals surface area contributed by atoms with E-state index in [1.165, 1.54) is 0 Å². The zero-order chi connectivity index (χ0) is 14.3. The van der Waals surface area contributed by atoms with Gasteiger partial charge in [0.2, 0.25) is 5.91 Å². The molecule has 0 radical (unpaired) electrons. The van der Waals surface area contributed by atoms with Crippen LogP contribution in [0.2, 0.25) is 0 Å². The first-order valence-corrected chi connectivity index (χ1v) is 6.32. The number of amides is 2. The third-order valence-corrected chi connectivity index (χ3v) is 2.80. The molecule has 1 atom stereocenters. The molecule has 3 N–H and O–H groups in total. The maximum Gasteiger partial charge on any atom is 0.251 e. The molecule has 104 valence electrons. The Morgan fingerprint density at radius 2 is 1.89 bits per heavy atom. The fourth-order valence-corrected chi connectivity index (χ4v) is 1.52. The van der Waals surface area contributed by atoms with Gasteiger partial charge in [-0.05, 0) is 25.5 Å². The summed E-state index contributed by atoms with van der Waals surface area (Å²) < 4.78 is 0. The minimum Gasteiger partial charge on any atom is -0.394 e. The summed E-state index contributed by atoms with van der Waals surface area (Å²) in [6, 6.07) is 6.85. The fraction of sp³-hybridized carbons (Fsp3) is 0.429. The lowest BCUT2D eigenvalue weighted by molar-refractivity contribution is -0.121. The number of hydrogen-bond acceptors (Lipinski definition) is 3. The Kier molecular flexibility index (Phi) is 6.02. The van der Waals surface area contributed by atoms with Crippen molar-refractivity contribution in [2.45, 2.75) is 26.3 Å². The van der Waals surface area contributed by atoms with Gasteiger partial charge < -0.3 is 15.7 Å². The van der Waals surface area contributed by atoms with E-state index in [0.29, 0.717) is 12.0 Å². The van der Waals surface area contributed by atoms with Crippen molar-refractivity contribution in [3.05, 3.63) is 35.4 Å². The Hall–Kier alpha value is -1.88. The van der Waals surface area contributed by atoms with Crippen molar-refractivity contribution in [1.82, 2.24) is 10.6 Å². The van der Waals surface area contributed by atoms with Gasteiger partial charge in [-0.2, -0.15) is 0 Å². The molecule has 1 aromatic carbocycles. The topological polar surface area (TPSA) is 78.4 Å². The largest absolute Gasteiger partial charge is 0.394 e. The molecule has 0 fully saturated rings. The number of aliphatic hydroxyl groups is 1. The lowest BCUT2D eigenvalue weighted by atomic mass is 10.1. The first-order valence-electron chi connectivity index (χ1n) is 6.32. The highest BCUT2D eigenvalue weighted by molar-refractivity contribution is 5.96. The summed E-state index contributed by atoms with van der Waals surface area (Å²) in [4.78, 5) is 23.3. The van der Waals surface area contributed by atoms with Crippen LogP contribution >= 0.6 is 0 Å². The number of hydrogen-bond donors (Lipinski definition) is 3. The number of aryl methyl sites for hydroxylation is 1. The molecule has 19 heavy (non-hydrogen) atoms. The second-order valence-corrected chi connectivity index (χ2v) is 4.40. The van der Waals surface area contributed by atoms with Crippen LogP contribution in [0.4, 0.5) is 0 Å². The van der Waals surface area contributed by atoms with Crippen LogP contribution in [0, 0.1) is 6.92 Å². The van der Waals surface area contributed by atoms with Crippen molar-refractivity contribution in [3.63, 3.8) is 0 Å². The van der Waals surface area contributed by atoms with Crippen LogP contribution in [-0.4, -0.2) is 36.1 Å². The van der Waals surface area contributed by atoms with Crippen molar-refractivity contribution in [3.8, 4) is 0 Å². The predicted octanol–water partition coefficient (Wildman–Crippen LogP) is 0.612. The zero-order valence-corrected chi connectivity index (χ0v) is 11.3. The van der Waals surface area contributed by atoms with Gasteiger partial charge in [0, 0.05) is 5.56 Å². The van der Waals surface area contributed by atoms with E-state index in [9.17, 15) is 9.59 Å². The number of aliphatic hydroxyl groups excluding tert-OH is 1. The van der Waals surface area contributed by atoms with Crippen LogP contribution < -0.4 is 10.6 Å². The molecule has 5 nitrogen and oxygen atoms in total.